The molecule has 6 nitrogen and oxygen atoms in total. The molecule has 0 N–H and O–H groups in total. The van der Waals surface area contributed by atoms with Gasteiger partial charge in [-0.25, -0.2) is 18.0 Å². The van der Waals surface area contributed by atoms with Gasteiger partial charge in [-0.3, -0.25) is 0 Å². The third-order valence-electron chi connectivity index (χ3n) is 1.72. The smallest absolute Gasteiger partial charge is 0.458 e. The van der Waals surface area contributed by atoms with Crippen molar-refractivity contribution in [3.8, 4) is 0 Å². The van der Waals surface area contributed by atoms with Gasteiger partial charge in [0.25, 0.3) is 0 Å². The van der Waals surface area contributed by atoms with Crippen molar-refractivity contribution in [2.75, 3.05) is 24.7 Å². The molecule has 0 amide bonds. The van der Waals surface area contributed by atoms with Gasteiger partial charge in [0.2, 0.25) is 0 Å². The second-order valence-corrected chi connectivity index (χ2v) is 5.72. The van der Waals surface area contributed by atoms with Gasteiger partial charge in [-0.15, -0.1) is 0 Å². The van der Waals surface area contributed by atoms with Crippen molar-refractivity contribution in [2.45, 2.75) is 12.4 Å². The Labute approximate surface area is 113 Å². The molecule has 0 atom stereocenters. The van der Waals surface area contributed by atoms with Crippen LogP contribution < -0.4 is 0 Å². The van der Waals surface area contributed by atoms with Crippen LogP contribution in [0.2, 0.25) is 0 Å². The number of rotatable bonds is 6. The zero-order valence-corrected chi connectivity index (χ0v) is 10.8. The van der Waals surface area contributed by atoms with Crippen molar-refractivity contribution in [2.24, 2.45) is 0 Å². The van der Waals surface area contributed by atoms with Gasteiger partial charge in [0.05, 0.1) is 11.5 Å². The highest BCUT2D eigenvalue weighted by Crippen LogP contribution is 2.17. The molecule has 0 radical (unpaired) electrons. The van der Waals surface area contributed by atoms with Crippen LogP contribution in [0.5, 0.6) is 0 Å². The maximum Gasteiger partial charge on any atom is 0.490 e. The maximum absolute atomic E-state index is 11.7. The fourth-order valence-electron chi connectivity index (χ4n) is 0.788. The lowest BCUT2D eigenvalue weighted by Crippen LogP contribution is -2.30. The first kappa shape index (κ1) is 19.5. The van der Waals surface area contributed by atoms with Gasteiger partial charge in [0, 0.05) is 0 Å². The molecule has 124 valence electrons. The summed E-state index contributed by atoms with van der Waals surface area (Å²) in [5.41, 5.74) is 0. The minimum atomic E-state index is -5.29. The summed E-state index contributed by atoms with van der Waals surface area (Å²) in [4.78, 5) is 20.5. The highest BCUT2D eigenvalue weighted by atomic mass is 32.2. The SMILES string of the molecule is O=C(OCCS(=O)(=O)CCOC(=O)C(F)(F)F)C(F)(F)F. The van der Waals surface area contributed by atoms with Crippen LogP contribution in [0.3, 0.4) is 0 Å². The summed E-state index contributed by atoms with van der Waals surface area (Å²) in [6.45, 7) is -2.26. The molecule has 0 saturated heterocycles. The van der Waals surface area contributed by atoms with E-state index in [4.69, 9.17) is 0 Å². The number of carbonyl (C=O) groups excluding carboxylic acids is 2. The average molecular weight is 346 g/mol. The summed E-state index contributed by atoms with van der Waals surface area (Å²) in [5.74, 6) is -7.31. The summed E-state index contributed by atoms with van der Waals surface area (Å²) >= 11 is 0. The predicted molar refractivity (Wildman–Crippen MR) is 52.7 cm³/mol. The first-order valence-corrected chi connectivity index (χ1v) is 6.76. The molecule has 13 heteroatoms. The van der Waals surface area contributed by atoms with Gasteiger partial charge < -0.3 is 9.47 Å². The second-order valence-electron chi connectivity index (χ2n) is 3.42. The molecule has 0 aliphatic heterocycles. The lowest BCUT2D eigenvalue weighted by Gasteiger charge is -2.09. The molecule has 0 aromatic heterocycles. The maximum atomic E-state index is 11.7. The fourth-order valence-corrected chi connectivity index (χ4v) is 1.67. The van der Waals surface area contributed by atoms with Gasteiger partial charge >= 0.3 is 24.3 Å². The molecule has 0 fully saturated rings. The molecule has 0 aliphatic rings. The minimum absolute atomic E-state index is 1.06. The number of hydrogen-bond acceptors (Lipinski definition) is 6. The Hall–Kier alpha value is -1.53. The predicted octanol–water partition coefficient (Wildman–Crippen LogP) is 0.612. The molecule has 21 heavy (non-hydrogen) atoms. The van der Waals surface area contributed by atoms with Crippen LogP contribution in [-0.4, -0.2) is 57.4 Å². The van der Waals surface area contributed by atoms with Gasteiger partial charge in [0.15, 0.2) is 9.84 Å². The van der Waals surface area contributed by atoms with Gasteiger partial charge in [-0.05, 0) is 0 Å². The standard InChI is InChI=1S/C8H8F6O6S/c9-7(10,11)5(15)19-1-3-21(17,18)4-2-20-6(16)8(12,13)14/h1-4H2. The van der Waals surface area contributed by atoms with Crippen molar-refractivity contribution in [1.82, 2.24) is 0 Å². The van der Waals surface area contributed by atoms with Gasteiger partial charge in [-0.2, -0.15) is 26.3 Å². The summed E-state index contributed by atoms with van der Waals surface area (Å²) in [5, 5.41) is 0. The number of ether oxygens (including phenoxy) is 2. The Kier molecular flexibility index (Phi) is 6.45. The Morgan fingerprint density at radius 2 is 1.05 bits per heavy atom. The van der Waals surface area contributed by atoms with Gasteiger partial charge in [-0.1, -0.05) is 0 Å². The number of alkyl halides is 6. The Balaban J connectivity index is 4.12. The molecule has 0 aromatic carbocycles. The van der Waals surface area contributed by atoms with E-state index in [0.717, 1.165) is 0 Å². The topological polar surface area (TPSA) is 86.7 Å². The highest BCUT2D eigenvalue weighted by Gasteiger charge is 2.41. The van der Waals surface area contributed by atoms with E-state index in [0.29, 0.717) is 0 Å². The first-order chi connectivity index (χ1) is 9.26. The van der Waals surface area contributed by atoms with E-state index in [-0.39, 0.29) is 0 Å². The largest absolute Gasteiger partial charge is 0.490 e. The Morgan fingerprint density at radius 1 is 0.762 bits per heavy atom. The van der Waals surface area contributed by atoms with Gasteiger partial charge in [0.1, 0.15) is 13.2 Å². The first-order valence-electron chi connectivity index (χ1n) is 4.94. The monoisotopic (exact) mass is 346 g/mol. The number of halogens is 6. The van der Waals surface area contributed by atoms with Crippen molar-refractivity contribution in [1.29, 1.82) is 0 Å². The van der Waals surface area contributed by atoms with E-state index in [1.54, 1.807) is 0 Å². The van der Waals surface area contributed by atoms with E-state index in [9.17, 15) is 44.3 Å². The van der Waals surface area contributed by atoms with Crippen molar-refractivity contribution in [3.05, 3.63) is 0 Å². The summed E-state index contributed by atoms with van der Waals surface area (Å²) < 4.78 is 99.6. The number of esters is 2. The molecule has 0 unspecified atom stereocenters. The highest BCUT2D eigenvalue weighted by molar-refractivity contribution is 7.91. The summed E-state index contributed by atoms with van der Waals surface area (Å²) in [7, 11) is -4.15. The molecule has 0 spiro atoms. The zero-order chi connectivity index (χ0) is 16.9. The van der Waals surface area contributed by atoms with E-state index in [1.165, 1.54) is 0 Å². The minimum Gasteiger partial charge on any atom is -0.458 e. The van der Waals surface area contributed by atoms with Crippen molar-refractivity contribution >= 4 is 21.8 Å². The Morgan fingerprint density at radius 3 is 1.29 bits per heavy atom. The number of sulfone groups is 1. The van der Waals surface area contributed by atoms with Crippen LogP contribution in [0.15, 0.2) is 0 Å². The molecule has 0 aromatic rings. The van der Waals surface area contributed by atoms with E-state index >= 15 is 0 Å². The summed E-state index contributed by atoms with van der Waals surface area (Å²) in [6.07, 6.45) is -10.6. The van der Waals surface area contributed by atoms with E-state index in [1.807, 2.05) is 0 Å². The molecule has 0 heterocycles. The van der Waals surface area contributed by atoms with Crippen LogP contribution in [0, 0.1) is 0 Å². The average Bonchev–Trinajstić information content (AvgIpc) is 2.25. The lowest BCUT2D eigenvalue weighted by molar-refractivity contribution is -0.199. The molecular formula is C8H8F6O6S. The van der Waals surface area contributed by atoms with E-state index < -0.39 is 58.8 Å². The fraction of sp³-hybridized carbons (Fsp3) is 0.750. The quantitative estimate of drug-likeness (QED) is 0.517. The number of carbonyl (C=O) groups is 2. The van der Waals surface area contributed by atoms with Crippen LogP contribution in [0.25, 0.3) is 0 Å². The zero-order valence-electron chi connectivity index (χ0n) is 9.95. The number of hydrogen-bond donors (Lipinski definition) is 0. The van der Waals surface area contributed by atoms with Crippen molar-refractivity contribution in [3.63, 3.8) is 0 Å². The van der Waals surface area contributed by atoms with Crippen LogP contribution in [-0.2, 0) is 28.9 Å². The van der Waals surface area contributed by atoms with Crippen LogP contribution >= 0.6 is 0 Å². The molecule has 0 rings (SSSR count). The third kappa shape index (κ3) is 8.37. The normalized spacial score (nSPS) is 12.9. The molecule has 0 saturated carbocycles. The van der Waals surface area contributed by atoms with Crippen LogP contribution in [0.4, 0.5) is 26.3 Å². The van der Waals surface area contributed by atoms with Crippen molar-refractivity contribution < 1.29 is 53.8 Å². The molecule has 0 bridgehead atoms. The Bertz CT molecular complexity index is 440. The second kappa shape index (κ2) is 6.95. The van der Waals surface area contributed by atoms with E-state index in [2.05, 4.69) is 9.47 Å². The third-order valence-corrected chi connectivity index (χ3v) is 3.30. The lowest BCUT2D eigenvalue weighted by atomic mass is 10.6. The van der Waals surface area contributed by atoms with Crippen LogP contribution in [0.1, 0.15) is 0 Å². The summed E-state index contributed by atoms with van der Waals surface area (Å²) in [6, 6.07) is 0. The molecule has 0 aliphatic carbocycles. The molecular weight excluding hydrogens is 338 g/mol.